The lowest BCUT2D eigenvalue weighted by atomic mass is 10.2. The highest BCUT2D eigenvalue weighted by atomic mass is 16.5. The molecule has 0 radical (unpaired) electrons. The third-order valence-electron chi connectivity index (χ3n) is 3.57. The number of benzene rings is 2. The van der Waals surface area contributed by atoms with Crippen molar-refractivity contribution in [2.75, 3.05) is 13.2 Å². The maximum atomic E-state index is 12.3. The molecule has 0 bridgehead atoms. The molecule has 0 aliphatic heterocycles. The van der Waals surface area contributed by atoms with Crippen LogP contribution in [0.1, 0.15) is 36.5 Å². The summed E-state index contributed by atoms with van der Waals surface area (Å²) < 4.78 is 11.0. The van der Waals surface area contributed by atoms with Gasteiger partial charge < -0.3 is 9.47 Å². The van der Waals surface area contributed by atoms with E-state index in [1.54, 1.807) is 36.4 Å². The second-order valence-electron chi connectivity index (χ2n) is 5.66. The molecule has 0 saturated heterocycles. The van der Waals surface area contributed by atoms with Gasteiger partial charge >= 0.3 is 0 Å². The first-order chi connectivity index (χ1) is 12.7. The molecule has 0 atom stereocenters. The Morgan fingerprint density at radius 2 is 1.62 bits per heavy atom. The number of carbonyl (C=O) groups excluding carboxylic acids is 2. The van der Waals surface area contributed by atoms with Crippen LogP contribution in [0.15, 0.2) is 54.6 Å². The minimum Gasteiger partial charge on any atom is -0.493 e. The minimum atomic E-state index is -0.455. The third kappa shape index (κ3) is 6.47. The second kappa shape index (κ2) is 10.8. The third-order valence-corrected chi connectivity index (χ3v) is 3.57. The lowest BCUT2D eigenvalue weighted by Gasteiger charge is -2.12. The van der Waals surface area contributed by atoms with E-state index in [1.165, 1.54) is 0 Å². The fourth-order valence-corrected chi connectivity index (χ4v) is 2.21. The number of carbonyl (C=O) groups is 2. The van der Waals surface area contributed by atoms with E-state index in [9.17, 15) is 9.59 Å². The van der Waals surface area contributed by atoms with Gasteiger partial charge in [0.1, 0.15) is 11.5 Å². The van der Waals surface area contributed by atoms with Gasteiger partial charge in [-0.15, -0.1) is 0 Å². The molecule has 138 valence electrons. The van der Waals surface area contributed by atoms with Crippen LogP contribution in [0.25, 0.3) is 0 Å². The minimum absolute atomic E-state index is 0.195. The Labute approximate surface area is 153 Å². The van der Waals surface area contributed by atoms with Crippen LogP contribution >= 0.6 is 0 Å². The Balaban J connectivity index is 1.80. The maximum Gasteiger partial charge on any atom is 0.276 e. The molecule has 6 nitrogen and oxygen atoms in total. The standard InChI is InChI=1S/C20H24N2O4/c1-2-3-9-14-25-18-13-8-7-12-17(18)20(24)22-21-19(23)15-26-16-10-5-4-6-11-16/h4-8,10-13H,2-3,9,14-15H2,1H3,(H,21,23)(H,22,24). The summed E-state index contributed by atoms with van der Waals surface area (Å²) in [5, 5.41) is 0. The highest BCUT2D eigenvalue weighted by molar-refractivity contribution is 5.97. The zero-order valence-electron chi connectivity index (χ0n) is 14.9. The molecule has 6 heteroatoms. The number of amides is 2. The summed E-state index contributed by atoms with van der Waals surface area (Å²) in [4.78, 5) is 24.1. The average molecular weight is 356 g/mol. The smallest absolute Gasteiger partial charge is 0.276 e. The molecule has 0 saturated carbocycles. The van der Waals surface area contributed by atoms with E-state index >= 15 is 0 Å². The van der Waals surface area contributed by atoms with Gasteiger partial charge in [-0.25, -0.2) is 0 Å². The lowest BCUT2D eigenvalue weighted by molar-refractivity contribution is -0.123. The number of unbranched alkanes of at least 4 members (excludes halogenated alkanes) is 2. The van der Waals surface area contributed by atoms with Crippen molar-refractivity contribution >= 4 is 11.8 Å². The quantitative estimate of drug-likeness (QED) is 0.535. The summed E-state index contributed by atoms with van der Waals surface area (Å²) >= 11 is 0. The van der Waals surface area contributed by atoms with Crippen molar-refractivity contribution in [3.63, 3.8) is 0 Å². The molecule has 2 N–H and O–H groups in total. The predicted molar refractivity (Wildman–Crippen MR) is 99.0 cm³/mol. The largest absolute Gasteiger partial charge is 0.493 e. The van der Waals surface area contributed by atoms with Crippen molar-refractivity contribution in [3.8, 4) is 11.5 Å². The Kier molecular flexibility index (Phi) is 7.99. The van der Waals surface area contributed by atoms with E-state index in [0.717, 1.165) is 19.3 Å². The Hall–Kier alpha value is -3.02. The van der Waals surface area contributed by atoms with Gasteiger partial charge in [0.05, 0.1) is 12.2 Å². The van der Waals surface area contributed by atoms with Gasteiger partial charge in [0.15, 0.2) is 6.61 Å². The lowest BCUT2D eigenvalue weighted by Crippen LogP contribution is -2.43. The van der Waals surface area contributed by atoms with E-state index in [1.807, 2.05) is 18.2 Å². The van der Waals surface area contributed by atoms with Crippen molar-refractivity contribution in [2.45, 2.75) is 26.2 Å². The summed E-state index contributed by atoms with van der Waals surface area (Å²) in [6.45, 7) is 2.47. The van der Waals surface area contributed by atoms with Crippen LogP contribution in [0.3, 0.4) is 0 Å². The molecular formula is C20H24N2O4. The van der Waals surface area contributed by atoms with Crippen molar-refractivity contribution < 1.29 is 19.1 Å². The molecule has 0 unspecified atom stereocenters. The maximum absolute atomic E-state index is 12.3. The predicted octanol–water partition coefficient (Wildman–Crippen LogP) is 3.10. The number of para-hydroxylation sites is 2. The highest BCUT2D eigenvalue weighted by Crippen LogP contribution is 2.18. The number of ether oxygens (including phenoxy) is 2. The molecule has 0 heterocycles. The van der Waals surface area contributed by atoms with E-state index in [2.05, 4.69) is 17.8 Å². The summed E-state index contributed by atoms with van der Waals surface area (Å²) in [5.41, 5.74) is 5.08. The first-order valence-corrected chi connectivity index (χ1v) is 8.69. The number of hydrogen-bond acceptors (Lipinski definition) is 4. The highest BCUT2D eigenvalue weighted by Gasteiger charge is 2.13. The van der Waals surface area contributed by atoms with Crippen molar-refractivity contribution in [1.82, 2.24) is 10.9 Å². The number of hydrogen-bond donors (Lipinski definition) is 2. The summed E-state index contributed by atoms with van der Waals surface area (Å²) in [6.07, 6.45) is 3.11. The SMILES string of the molecule is CCCCCOc1ccccc1C(=O)NNC(=O)COc1ccccc1. The van der Waals surface area contributed by atoms with Crippen LogP contribution in [0.2, 0.25) is 0 Å². The van der Waals surface area contributed by atoms with E-state index in [4.69, 9.17) is 9.47 Å². The van der Waals surface area contributed by atoms with Crippen molar-refractivity contribution in [3.05, 3.63) is 60.2 Å². The van der Waals surface area contributed by atoms with Gasteiger partial charge in [0.25, 0.3) is 11.8 Å². The van der Waals surface area contributed by atoms with Gasteiger partial charge in [-0.05, 0) is 30.7 Å². The first kappa shape index (κ1) is 19.3. The monoisotopic (exact) mass is 356 g/mol. The van der Waals surface area contributed by atoms with E-state index in [-0.39, 0.29) is 6.61 Å². The van der Waals surface area contributed by atoms with Crippen LogP contribution in [0.5, 0.6) is 11.5 Å². The molecule has 0 aliphatic rings. The van der Waals surface area contributed by atoms with Crippen LogP contribution < -0.4 is 20.3 Å². The average Bonchev–Trinajstić information content (AvgIpc) is 2.69. The fraction of sp³-hybridized carbons (Fsp3) is 0.300. The Bertz CT molecular complexity index is 704. The Morgan fingerprint density at radius 3 is 2.38 bits per heavy atom. The summed E-state index contributed by atoms with van der Waals surface area (Å²) in [6, 6.07) is 15.9. The second-order valence-corrected chi connectivity index (χ2v) is 5.66. The van der Waals surface area contributed by atoms with Crippen molar-refractivity contribution in [2.24, 2.45) is 0 Å². The number of hydrazine groups is 1. The van der Waals surface area contributed by atoms with Gasteiger partial charge in [-0.3, -0.25) is 20.4 Å². The molecule has 2 amide bonds. The first-order valence-electron chi connectivity index (χ1n) is 8.69. The van der Waals surface area contributed by atoms with Crippen LogP contribution in [-0.2, 0) is 4.79 Å². The van der Waals surface area contributed by atoms with Gasteiger partial charge in [-0.1, -0.05) is 50.1 Å². The van der Waals surface area contributed by atoms with E-state index < -0.39 is 11.8 Å². The molecule has 0 aliphatic carbocycles. The van der Waals surface area contributed by atoms with Crippen LogP contribution in [0.4, 0.5) is 0 Å². The van der Waals surface area contributed by atoms with Gasteiger partial charge in [-0.2, -0.15) is 0 Å². The number of nitrogens with one attached hydrogen (secondary N) is 2. The number of rotatable bonds is 9. The molecule has 0 aromatic heterocycles. The molecule has 26 heavy (non-hydrogen) atoms. The summed E-state index contributed by atoms with van der Waals surface area (Å²) in [5.74, 6) is 0.184. The van der Waals surface area contributed by atoms with Crippen LogP contribution in [-0.4, -0.2) is 25.0 Å². The van der Waals surface area contributed by atoms with E-state index in [0.29, 0.717) is 23.7 Å². The molecule has 2 rings (SSSR count). The van der Waals surface area contributed by atoms with Crippen LogP contribution in [0, 0.1) is 0 Å². The normalized spacial score (nSPS) is 10.0. The Morgan fingerprint density at radius 1 is 0.885 bits per heavy atom. The molecule has 2 aromatic rings. The van der Waals surface area contributed by atoms with Gasteiger partial charge in [0.2, 0.25) is 0 Å². The van der Waals surface area contributed by atoms with Gasteiger partial charge in [0, 0.05) is 0 Å². The van der Waals surface area contributed by atoms with Crippen molar-refractivity contribution in [1.29, 1.82) is 0 Å². The fourth-order valence-electron chi connectivity index (χ4n) is 2.21. The molecular weight excluding hydrogens is 332 g/mol. The topological polar surface area (TPSA) is 76.7 Å². The zero-order chi connectivity index (χ0) is 18.6. The molecule has 0 spiro atoms. The summed E-state index contributed by atoms with van der Waals surface area (Å²) in [7, 11) is 0. The molecule has 2 aromatic carbocycles. The zero-order valence-corrected chi connectivity index (χ0v) is 14.9. The molecule has 0 fully saturated rings.